The zero-order valence-corrected chi connectivity index (χ0v) is 11.6. The van der Waals surface area contributed by atoms with E-state index in [1.807, 2.05) is 0 Å². The molecule has 0 N–H and O–H groups in total. The van der Waals surface area contributed by atoms with E-state index in [9.17, 15) is 0 Å². The summed E-state index contributed by atoms with van der Waals surface area (Å²) in [4.78, 5) is 0. The third kappa shape index (κ3) is 4.04. The normalized spacial score (nSPS) is 10.2. The van der Waals surface area contributed by atoms with Gasteiger partial charge in [-0.05, 0) is 0 Å². The second-order valence-corrected chi connectivity index (χ2v) is 8.02. The van der Waals surface area contributed by atoms with Crippen LogP contribution in [0.25, 0.3) is 0 Å². The molecular formula is C16H21Al. The van der Waals surface area contributed by atoms with Gasteiger partial charge in [0.25, 0.3) is 14.1 Å². The van der Waals surface area contributed by atoms with Gasteiger partial charge in [-0.15, -0.1) is 0 Å². The molecule has 2 rings (SSSR count). The van der Waals surface area contributed by atoms with Gasteiger partial charge >= 0.3 is 0 Å². The van der Waals surface area contributed by atoms with Gasteiger partial charge in [0.2, 0.25) is 0 Å². The molecule has 0 atom stereocenters. The van der Waals surface area contributed by atoms with E-state index >= 15 is 0 Å². The maximum atomic E-state index is 2.35. The highest BCUT2D eigenvalue weighted by molar-refractivity contribution is 6.57. The highest BCUT2D eigenvalue weighted by Crippen LogP contribution is 2.10. The molecule has 0 bridgehead atoms. The van der Waals surface area contributed by atoms with E-state index < -0.39 is 14.1 Å². The summed E-state index contributed by atoms with van der Waals surface area (Å²) in [6.45, 7) is 2.35. The molecule has 0 amide bonds. The first-order valence-corrected chi connectivity index (χ1v) is 8.91. The average Bonchev–Trinajstić information content (AvgIpc) is 2.40. The summed E-state index contributed by atoms with van der Waals surface area (Å²) in [7, 11) is 0. The van der Waals surface area contributed by atoms with E-state index in [0.29, 0.717) is 0 Å². The largest absolute Gasteiger partial charge is 0.272 e. The van der Waals surface area contributed by atoms with Crippen molar-refractivity contribution in [3.05, 3.63) is 71.8 Å². The van der Waals surface area contributed by atoms with Gasteiger partial charge in [0.1, 0.15) is 0 Å². The predicted octanol–water partition coefficient (Wildman–Crippen LogP) is 4.31. The van der Waals surface area contributed by atoms with Crippen LogP contribution in [0.3, 0.4) is 0 Å². The van der Waals surface area contributed by atoms with Crippen molar-refractivity contribution < 1.29 is 1.43 Å². The first-order valence-electron chi connectivity index (χ1n) is 6.46. The monoisotopic (exact) mass is 240 g/mol. The topological polar surface area (TPSA) is 0 Å². The summed E-state index contributed by atoms with van der Waals surface area (Å²) in [5.74, 6) is 0. The van der Waals surface area contributed by atoms with Crippen LogP contribution in [0.15, 0.2) is 60.7 Å². The van der Waals surface area contributed by atoms with E-state index in [4.69, 9.17) is 0 Å². The molecule has 0 aliphatic heterocycles. The van der Waals surface area contributed by atoms with E-state index in [1.54, 1.807) is 0 Å². The molecule has 0 nitrogen and oxygen atoms in total. The molecule has 88 valence electrons. The van der Waals surface area contributed by atoms with Gasteiger partial charge < -0.3 is 0 Å². The van der Waals surface area contributed by atoms with Crippen molar-refractivity contribution in [3.63, 3.8) is 0 Å². The summed E-state index contributed by atoms with van der Waals surface area (Å²) >= 11 is -0.666. The maximum Gasteiger partial charge on any atom is 0.272 e. The molecule has 0 unspecified atom stereocenters. The van der Waals surface area contributed by atoms with E-state index in [0.717, 1.165) is 0 Å². The lowest BCUT2D eigenvalue weighted by Crippen LogP contribution is -2.19. The lowest BCUT2D eigenvalue weighted by Gasteiger charge is -2.09. The quantitative estimate of drug-likeness (QED) is 0.683. The van der Waals surface area contributed by atoms with Crippen LogP contribution in [0.4, 0.5) is 0 Å². The lowest BCUT2D eigenvalue weighted by molar-refractivity contribution is 1.20. The van der Waals surface area contributed by atoms with Gasteiger partial charge in [-0.2, -0.15) is 0 Å². The van der Waals surface area contributed by atoms with Crippen LogP contribution in [0.1, 0.15) is 19.5 Å². The molecular weight excluding hydrogens is 219 g/mol. The Hall–Kier alpha value is -1.03. The Morgan fingerprint density at radius 3 is 1.53 bits per heavy atom. The van der Waals surface area contributed by atoms with Gasteiger partial charge in [0.05, 0.1) is 0 Å². The number of rotatable bonds is 5. The Labute approximate surface area is 110 Å². The zero-order chi connectivity index (χ0) is 11.9. The molecule has 0 saturated carbocycles. The lowest BCUT2D eigenvalue weighted by atomic mass is 10.2. The second-order valence-electron chi connectivity index (χ2n) is 4.65. The maximum absolute atomic E-state index is 2.35. The Balaban J connectivity index is 0.00000162. The third-order valence-electron chi connectivity index (χ3n) is 3.31. The smallest absolute Gasteiger partial charge is 0.0963 e. The van der Waals surface area contributed by atoms with Gasteiger partial charge in [0, 0.05) is 1.43 Å². The molecule has 0 aliphatic rings. The average molecular weight is 240 g/mol. The number of hydrogen-bond acceptors (Lipinski definition) is 0. The van der Waals surface area contributed by atoms with Crippen LogP contribution in [0.5, 0.6) is 0 Å². The van der Waals surface area contributed by atoms with E-state index in [2.05, 4.69) is 67.6 Å². The molecule has 2 aromatic rings. The molecule has 2 aromatic carbocycles. The summed E-state index contributed by atoms with van der Waals surface area (Å²) in [6, 6.07) is 21.9. The summed E-state index contributed by atoms with van der Waals surface area (Å²) in [6.07, 6.45) is 0. The van der Waals surface area contributed by atoms with Crippen molar-refractivity contribution in [2.75, 3.05) is 0 Å². The summed E-state index contributed by atoms with van der Waals surface area (Å²) < 4.78 is 0. The van der Waals surface area contributed by atoms with Gasteiger partial charge in [-0.3, -0.25) is 0 Å². The standard InChI is InChI=1S/2C7H7.C2H5.Al.H2/c2*1-7-5-3-2-4-6-7;1-2;;/h2*2-6H,1H2;1H2,2H3;;1H. The Kier molecular flexibility index (Phi) is 4.86. The zero-order valence-electron chi connectivity index (χ0n) is 10.5. The first-order chi connectivity index (χ1) is 8.38. The molecule has 0 radical (unpaired) electrons. The SMILES string of the molecule is C[CH2][Al]([CH2]c1ccccc1)[CH2]c1ccccc1.[HH]. The number of hydrogen-bond donors (Lipinski definition) is 0. The van der Waals surface area contributed by atoms with Crippen molar-refractivity contribution in [1.29, 1.82) is 0 Å². The molecule has 0 spiro atoms. The highest BCUT2D eigenvalue weighted by atomic mass is 27.2. The molecule has 0 aromatic heterocycles. The van der Waals surface area contributed by atoms with Crippen LogP contribution in [0.2, 0.25) is 5.28 Å². The Morgan fingerprint density at radius 2 is 1.18 bits per heavy atom. The second kappa shape index (κ2) is 6.65. The predicted molar refractivity (Wildman–Crippen MR) is 78.6 cm³/mol. The molecule has 0 aliphatic carbocycles. The van der Waals surface area contributed by atoms with Crippen LogP contribution < -0.4 is 0 Å². The minimum absolute atomic E-state index is 0. The molecule has 0 saturated heterocycles. The minimum Gasteiger partial charge on any atom is -0.0963 e. The fourth-order valence-electron chi connectivity index (χ4n) is 2.26. The van der Waals surface area contributed by atoms with E-state index in [1.165, 1.54) is 27.0 Å². The Morgan fingerprint density at radius 1 is 0.765 bits per heavy atom. The van der Waals surface area contributed by atoms with Crippen LogP contribution in [-0.4, -0.2) is 14.1 Å². The molecule has 1 heteroatoms. The minimum atomic E-state index is -0.666. The van der Waals surface area contributed by atoms with Crippen molar-refractivity contribution >= 4 is 14.1 Å². The summed E-state index contributed by atoms with van der Waals surface area (Å²) in [5.41, 5.74) is 3.03. The Bertz CT molecular complexity index is 386. The van der Waals surface area contributed by atoms with Crippen LogP contribution in [-0.2, 0) is 10.6 Å². The van der Waals surface area contributed by atoms with Crippen molar-refractivity contribution in [3.8, 4) is 0 Å². The van der Waals surface area contributed by atoms with Crippen molar-refractivity contribution in [1.82, 2.24) is 0 Å². The third-order valence-corrected chi connectivity index (χ3v) is 6.56. The highest BCUT2D eigenvalue weighted by Gasteiger charge is 2.15. The van der Waals surface area contributed by atoms with Gasteiger partial charge in [-0.25, -0.2) is 0 Å². The van der Waals surface area contributed by atoms with Gasteiger partial charge in [-0.1, -0.05) is 94.6 Å². The molecule has 0 fully saturated rings. The first kappa shape index (κ1) is 12.4. The van der Waals surface area contributed by atoms with Crippen LogP contribution >= 0.6 is 0 Å². The molecule has 0 heterocycles. The van der Waals surface area contributed by atoms with Crippen molar-refractivity contribution in [2.45, 2.75) is 22.8 Å². The van der Waals surface area contributed by atoms with Crippen LogP contribution in [0, 0.1) is 0 Å². The fraction of sp³-hybridized carbons (Fsp3) is 0.250. The number of benzene rings is 2. The molecule has 17 heavy (non-hydrogen) atoms. The van der Waals surface area contributed by atoms with Gasteiger partial charge in [0.15, 0.2) is 0 Å². The van der Waals surface area contributed by atoms with E-state index in [-0.39, 0.29) is 1.43 Å². The summed E-state index contributed by atoms with van der Waals surface area (Å²) in [5, 5.41) is 4.03. The van der Waals surface area contributed by atoms with Crippen molar-refractivity contribution in [2.24, 2.45) is 0 Å². The fourth-order valence-corrected chi connectivity index (χ4v) is 4.86.